The quantitative estimate of drug-likeness (QED) is 0.145. The van der Waals surface area contributed by atoms with Gasteiger partial charge < -0.3 is 4.90 Å². The smallest absolute Gasteiger partial charge is 0.0640 e. The van der Waals surface area contributed by atoms with Crippen LogP contribution in [0.15, 0.2) is 237 Å². The van der Waals surface area contributed by atoms with E-state index in [9.17, 15) is 0 Å². The van der Waals surface area contributed by atoms with Crippen LogP contribution in [0.3, 0.4) is 0 Å². The Morgan fingerprint density at radius 3 is 1.61 bits per heavy atom. The lowest BCUT2D eigenvalue weighted by atomic mass is 9.84. The van der Waals surface area contributed by atoms with Gasteiger partial charge in [0.25, 0.3) is 0 Å². The Kier molecular flexibility index (Phi) is 8.76. The fourth-order valence-electron chi connectivity index (χ4n) is 9.51. The molecule has 0 N–H and O–H groups in total. The highest BCUT2D eigenvalue weighted by molar-refractivity contribution is 7.26. The van der Waals surface area contributed by atoms with Gasteiger partial charge in [0, 0.05) is 26.8 Å². The number of thiophene rings is 1. The fourth-order valence-corrected chi connectivity index (χ4v) is 10.7. The highest BCUT2D eigenvalue weighted by Gasteiger charge is 2.21. The second kappa shape index (κ2) is 15.0. The first-order chi connectivity index (χ1) is 30.7. The zero-order valence-electron chi connectivity index (χ0n) is 33.9. The first kappa shape index (κ1) is 36.1. The van der Waals surface area contributed by atoms with Crippen molar-refractivity contribution in [3.8, 4) is 44.5 Å². The maximum absolute atomic E-state index is 2.44. The molecule has 62 heavy (non-hydrogen) atoms. The lowest BCUT2D eigenvalue weighted by molar-refractivity contribution is 1.30. The Bertz CT molecular complexity index is 3620. The van der Waals surface area contributed by atoms with Crippen molar-refractivity contribution in [2.45, 2.75) is 0 Å². The van der Waals surface area contributed by atoms with Crippen molar-refractivity contribution in [3.05, 3.63) is 237 Å². The molecule has 1 aromatic heterocycles. The molecule has 0 spiro atoms. The van der Waals surface area contributed by atoms with Crippen LogP contribution in [0.25, 0.3) is 97.0 Å². The van der Waals surface area contributed by atoms with Crippen molar-refractivity contribution < 1.29 is 0 Å². The van der Waals surface area contributed by atoms with Crippen LogP contribution in [0.2, 0.25) is 0 Å². The lowest BCUT2D eigenvalue weighted by Crippen LogP contribution is -2.10. The molecule has 0 atom stereocenters. The molecule has 12 aromatic rings. The van der Waals surface area contributed by atoms with E-state index in [-0.39, 0.29) is 0 Å². The molecule has 0 saturated carbocycles. The van der Waals surface area contributed by atoms with Gasteiger partial charge in [0.1, 0.15) is 0 Å². The van der Waals surface area contributed by atoms with E-state index in [0.717, 1.165) is 11.4 Å². The molecule has 0 saturated heterocycles. The van der Waals surface area contributed by atoms with Crippen LogP contribution in [-0.4, -0.2) is 0 Å². The van der Waals surface area contributed by atoms with Crippen molar-refractivity contribution in [1.82, 2.24) is 0 Å². The summed E-state index contributed by atoms with van der Waals surface area (Å²) in [5, 5.41) is 10.1. The molecule has 0 amide bonds. The van der Waals surface area contributed by atoms with Crippen molar-refractivity contribution in [2.75, 3.05) is 4.90 Å². The SMILES string of the molecule is c1ccc(-c2c(-c3ccccc3)c3cc(-c4ccc(N(c5cccc(-c6ccc7ccccc7c6)c5)c5cccc6c5sc5ccccc56)cc4)ccc3c3ccccc23)cc1. The van der Waals surface area contributed by atoms with E-state index in [1.807, 2.05) is 11.3 Å². The second-order valence-corrected chi connectivity index (χ2v) is 17.1. The van der Waals surface area contributed by atoms with Gasteiger partial charge in [-0.2, -0.15) is 0 Å². The summed E-state index contributed by atoms with van der Waals surface area (Å²) >= 11 is 1.87. The van der Waals surface area contributed by atoms with Crippen molar-refractivity contribution in [2.24, 2.45) is 0 Å². The van der Waals surface area contributed by atoms with Gasteiger partial charge in [0.05, 0.1) is 10.4 Å². The van der Waals surface area contributed by atoms with Crippen LogP contribution < -0.4 is 4.90 Å². The Balaban J connectivity index is 1.03. The molecule has 0 aliphatic rings. The van der Waals surface area contributed by atoms with Gasteiger partial charge in [0.15, 0.2) is 0 Å². The minimum atomic E-state index is 1.11. The molecule has 0 aliphatic carbocycles. The summed E-state index contributed by atoms with van der Waals surface area (Å²) in [4.78, 5) is 2.44. The van der Waals surface area contributed by atoms with E-state index in [1.165, 1.54) is 103 Å². The number of anilines is 3. The molecule has 290 valence electrons. The van der Waals surface area contributed by atoms with E-state index in [0.29, 0.717) is 0 Å². The largest absolute Gasteiger partial charge is 0.309 e. The molecular weight excluding hydrogens is 767 g/mol. The third-order valence-corrected chi connectivity index (χ3v) is 13.6. The minimum Gasteiger partial charge on any atom is -0.309 e. The summed E-state index contributed by atoms with van der Waals surface area (Å²) in [5.74, 6) is 0. The standard InChI is InChI=1S/C60H39NS/c1-3-16-42(17-4-1)58-53-25-10-9-23-50(53)51-36-33-47(39-55(51)59(58)43-18-5-2-6-19-43)41-31-34-48(35-32-41)61(56-27-14-26-54-52-24-11-12-28-57(52)62-60(54)56)49-22-13-21-45(38-49)46-30-29-40-15-7-8-20-44(40)37-46/h1-39H. The van der Waals surface area contributed by atoms with E-state index in [2.05, 4.69) is 241 Å². The van der Waals surface area contributed by atoms with Crippen LogP contribution >= 0.6 is 11.3 Å². The van der Waals surface area contributed by atoms with E-state index in [1.54, 1.807) is 0 Å². The first-order valence-corrected chi connectivity index (χ1v) is 22.1. The van der Waals surface area contributed by atoms with Gasteiger partial charge in [-0.25, -0.2) is 0 Å². The van der Waals surface area contributed by atoms with Gasteiger partial charge in [-0.15, -0.1) is 11.3 Å². The molecule has 0 fully saturated rings. The van der Waals surface area contributed by atoms with Crippen molar-refractivity contribution in [1.29, 1.82) is 0 Å². The molecule has 12 rings (SSSR count). The van der Waals surface area contributed by atoms with Crippen LogP contribution in [-0.2, 0) is 0 Å². The summed E-state index contributed by atoms with van der Waals surface area (Å²) in [6.45, 7) is 0. The van der Waals surface area contributed by atoms with E-state index in [4.69, 9.17) is 0 Å². The first-order valence-electron chi connectivity index (χ1n) is 21.2. The molecule has 0 unspecified atom stereocenters. The zero-order chi connectivity index (χ0) is 41.0. The molecule has 1 nitrogen and oxygen atoms in total. The van der Waals surface area contributed by atoms with Gasteiger partial charge in [-0.05, 0) is 125 Å². The maximum Gasteiger partial charge on any atom is 0.0640 e. The van der Waals surface area contributed by atoms with Gasteiger partial charge in [-0.3, -0.25) is 0 Å². The number of rotatable bonds is 7. The van der Waals surface area contributed by atoms with Crippen LogP contribution in [0.1, 0.15) is 0 Å². The number of hydrogen-bond donors (Lipinski definition) is 0. The average molecular weight is 806 g/mol. The van der Waals surface area contributed by atoms with Gasteiger partial charge in [-0.1, -0.05) is 188 Å². The highest BCUT2D eigenvalue weighted by Crippen LogP contribution is 2.48. The van der Waals surface area contributed by atoms with Crippen molar-refractivity contribution in [3.63, 3.8) is 0 Å². The number of hydrogen-bond acceptors (Lipinski definition) is 2. The lowest BCUT2D eigenvalue weighted by Gasteiger charge is -2.27. The fraction of sp³-hybridized carbons (Fsp3) is 0. The molecule has 0 bridgehead atoms. The Morgan fingerprint density at radius 1 is 0.274 bits per heavy atom. The average Bonchev–Trinajstić information content (AvgIpc) is 3.74. The van der Waals surface area contributed by atoms with Gasteiger partial charge >= 0.3 is 0 Å². The van der Waals surface area contributed by atoms with Crippen LogP contribution in [0, 0.1) is 0 Å². The summed E-state index contributed by atoms with van der Waals surface area (Å²) in [5.41, 5.74) is 13.1. The molecule has 1 heterocycles. The Morgan fingerprint density at radius 2 is 0.823 bits per heavy atom. The molecular formula is C60H39NS. The topological polar surface area (TPSA) is 3.24 Å². The minimum absolute atomic E-state index is 1.11. The number of nitrogens with zero attached hydrogens (tertiary/aromatic N) is 1. The monoisotopic (exact) mass is 805 g/mol. The predicted octanol–water partition coefficient (Wildman–Crippen LogP) is 17.7. The summed E-state index contributed by atoms with van der Waals surface area (Å²) in [7, 11) is 0. The summed E-state index contributed by atoms with van der Waals surface area (Å²) < 4.78 is 2.57. The zero-order valence-corrected chi connectivity index (χ0v) is 34.7. The van der Waals surface area contributed by atoms with E-state index >= 15 is 0 Å². The normalized spacial score (nSPS) is 11.5. The third-order valence-electron chi connectivity index (χ3n) is 12.4. The number of benzene rings is 11. The molecule has 2 heteroatoms. The van der Waals surface area contributed by atoms with E-state index < -0.39 is 0 Å². The molecule has 0 aliphatic heterocycles. The second-order valence-electron chi connectivity index (χ2n) is 16.0. The van der Waals surface area contributed by atoms with Gasteiger partial charge in [0.2, 0.25) is 0 Å². The van der Waals surface area contributed by atoms with Crippen LogP contribution in [0.5, 0.6) is 0 Å². The van der Waals surface area contributed by atoms with Crippen molar-refractivity contribution >= 4 is 80.9 Å². The third kappa shape index (κ3) is 6.15. The summed E-state index contributed by atoms with van der Waals surface area (Å²) in [6, 6.07) is 86.7. The Labute approximate surface area is 365 Å². The molecule has 0 radical (unpaired) electrons. The maximum atomic E-state index is 2.44. The summed E-state index contributed by atoms with van der Waals surface area (Å²) in [6.07, 6.45) is 0. The Hall–Kier alpha value is -7.78. The molecule has 11 aromatic carbocycles. The van der Waals surface area contributed by atoms with Crippen LogP contribution in [0.4, 0.5) is 17.1 Å². The number of fused-ring (bicyclic) bond motifs is 7. The highest BCUT2D eigenvalue weighted by atomic mass is 32.1. The predicted molar refractivity (Wildman–Crippen MR) is 268 cm³/mol.